The smallest absolute Gasteiger partial charge is 0.317 e. The van der Waals surface area contributed by atoms with E-state index in [0.717, 1.165) is 5.56 Å². The minimum Gasteiger partial charge on any atom is -0.493 e. The molecule has 1 aliphatic rings. The highest BCUT2D eigenvalue weighted by Crippen LogP contribution is 2.27. The number of hydrogen-bond donors (Lipinski definition) is 2. The molecule has 3 amide bonds. The van der Waals surface area contributed by atoms with Crippen molar-refractivity contribution in [3.63, 3.8) is 0 Å². The maximum Gasteiger partial charge on any atom is 0.317 e. The first-order valence-electron chi connectivity index (χ1n) is 7.58. The van der Waals surface area contributed by atoms with E-state index < -0.39 is 0 Å². The minimum absolute atomic E-state index is 0.158. The number of carbonyl (C=O) groups excluding carboxylic acids is 2. The zero-order chi connectivity index (χ0) is 16.8. The number of hydrogen-bond acceptors (Lipinski definition) is 4. The van der Waals surface area contributed by atoms with Crippen LogP contribution < -0.4 is 20.5 Å². The van der Waals surface area contributed by atoms with E-state index in [0.29, 0.717) is 44.0 Å². The van der Waals surface area contributed by atoms with Crippen molar-refractivity contribution in [2.45, 2.75) is 12.8 Å². The number of urea groups is 1. The summed E-state index contributed by atoms with van der Waals surface area (Å²) in [5.41, 5.74) is 6.31. The van der Waals surface area contributed by atoms with Crippen LogP contribution >= 0.6 is 0 Å². The zero-order valence-corrected chi connectivity index (χ0v) is 13.5. The van der Waals surface area contributed by atoms with Gasteiger partial charge in [-0.25, -0.2) is 4.79 Å². The van der Waals surface area contributed by atoms with Crippen LogP contribution in [0.25, 0.3) is 0 Å². The highest BCUT2D eigenvalue weighted by Gasteiger charge is 2.29. The number of nitrogens with zero attached hydrogens (tertiary/aromatic N) is 1. The molecule has 0 radical (unpaired) electrons. The molecule has 0 aliphatic carbocycles. The van der Waals surface area contributed by atoms with Gasteiger partial charge in [0, 0.05) is 19.6 Å². The standard InChI is InChI=1S/C16H23N3O4/c1-22-13-4-3-11(9-14(13)23-2)5-7-18-16(21)19-8-6-12(10-19)15(17)20/h3-4,9,12H,5-8,10H2,1-2H3,(H2,17,20)(H,18,21)/t12-/m1/s1. The molecule has 2 rings (SSSR count). The fourth-order valence-corrected chi connectivity index (χ4v) is 2.64. The van der Waals surface area contributed by atoms with Crippen molar-refractivity contribution in [2.24, 2.45) is 11.7 Å². The highest BCUT2D eigenvalue weighted by molar-refractivity contribution is 5.80. The van der Waals surface area contributed by atoms with Gasteiger partial charge in [0.15, 0.2) is 11.5 Å². The van der Waals surface area contributed by atoms with Crippen molar-refractivity contribution in [3.05, 3.63) is 23.8 Å². The maximum absolute atomic E-state index is 12.0. The van der Waals surface area contributed by atoms with Crippen LogP contribution in [-0.2, 0) is 11.2 Å². The van der Waals surface area contributed by atoms with E-state index in [-0.39, 0.29) is 17.9 Å². The Labute approximate surface area is 135 Å². The summed E-state index contributed by atoms with van der Waals surface area (Å²) in [6.45, 7) is 1.47. The number of ether oxygens (including phenoxy) is 2. The topological polar surface area (TPSA) is 93.9 Å². The summed E-state index contributed by atoms with van der Waals surface area (Å²) in [5.74, 6) is 0.771. The normalized spacial score (nSPS) is 17.0. The lowest BCUT2D eigenvalue weighted by Crippen LogP contribution is -2.40. The number of primary amides is 1. The molecule has 0 unspecified atom stereocenters. The quantitative estimate of drug-likeness (QED) is 0.809. The van der Waals surface area contributed by atoms with E-state index in [2.05, 4.69) is 5.32 Å². The second kappa shape index (κ2) is 7.71. The molecule has 7 nitrogen and oxygen atoms in total. The van der Waals surface area contributed by atoms with Gasteiger partial charge in [-0.05, 0) is 30.5 Å². The predicted octanol–water partition coefficient (Wildman–Crippen LogP) is 0.763. The number of likely N-dealkylation sites (tertiary alicyclic amines) is 1. The Bertz CT molecular complexity index is 576. The Kier molecular flexibility index (Phi) is 5.67. The van der Waals surface area contributed by atoms with Gasteiger partial charge < -0.3 is 25.4 Å². The molecule has 0 spiro atoms. The second-order valence-electron chi connectivity index (χ2n) is 5.51. The number of nitrogens with one attached hydrogen (secondary N) is 1. The fourth-order valence-electron chi connectivity index (χ4n) is 2.64. The summed E-state index contributed by atoms with van der Waals surface area (Å²) in [6, 6.07) is 5.51. The van der Waals surface area contributed by atoms with E-state index >= 15 is 0 Å². The Morgan fingerprint density at radius 1 is 1.30 bits per heavy atom. The highest BCUT2D eigenvalue weighted by atomic mass is 16.5. The summed E-state index contributed by atoms with van der Waals surface area (Å²) in [4.78, 5) is 24.8. The molecule has 1 aromatic rings. The van der Waals surface area contributed by atoms with Crippen LogP contribution in [0, 0.1) is 5.92 Å². The predicted molar refractivity (Wildman–Crippen MR) is 85.5 cm³/mol. The van der Waals surface area contributed by atoms with Crippen molar-refractivity contribution in [1.29, 1.82) is 0 Å². The van der Waals surface area contributed by atoms with Crippen LogP contribution in [0.2, 0.25) is 0 Å². The maximum atomic E-state index is 12.0. The van der Waals surface area contributed by atoms with Gasteiger partial charge in [-0.1, -0.05) is 6.07 Å². The van der Waals surface area contributed by atoms with Crippen LogP contribution in [-0.4, -0.2) is 50.7 Å². The number of benzene rings is 1. The van der Waals surface area contributed by atoms with Gasteiger partial charge in [-0.15, -0.1) is 0 Å². The van der Waals surface area contributed by atoms with E-state index in [1.807, 2.05) is 18.2 Å². The average Bonchev–Trinajstić information content (AvgIpc) is 3.05. The molecule has 0 aromatic heterocycles. The molecular formula is C16H23N3O4. The SMILES string of the molecule is COc1ccc(CCNC(=O)N2CC[C@@H](C(N)=O)C2)cc1OC. The zero-order valence-electron chi connectivity index (χ0n) is 13.5. The Balaban J connectivity index is 1.81. The average molecular weight is 321 g/mol. The van der Waals surface area contributed by atoms with Crippen LogP contribution in [0.1, 0.15) is 12.0 Å². The third kappa shape index (κ3) is 4.28. The van der Waals surface area contributed by atoms with E-state index in [4.69, 9.17) is 15.2 Å². The molecule has 1 fully saturated rings. The molecule has 23 heavy (non-hydrogen) atoms. The Morgan fingerprint density at radius 2 is 2.04 bits per heavy atom. The second-order valence-corrected chi connectivity index (χ2v) is 5.51. The third-order valence-corrected chi connectivity index (χ3v) is 4.02. The summed E-state index contributed by atoms with van der Waals surface area (Å²) >= 11 is 0. The van der Waals surface area contributed by atoms with Crippen molar-refractivity contribution >= 4 is 11.9 Å². The van der Waals surface area contributed by atoms with Gasteiger partial charge in [-0.2, -0.15) is 0 Å². The van der Waals surface area contributed by atoms with Crippen LogP contribution in [0.15, 0.2) is 18.2 Å². The molecule has 0 saturated carbocycles. The largest absolute Gasteiger partial charge is 0.493 e. The Hall–Kier alpha value is -2.44. The van der Waals surface area contributed by atoms with Crippen molar-refractivity contribution in [1.82, 2.24) is 10.2 Å². The number of nitrogens with two attached hydrogens (primary N) is 1. The first kappa shape index (κ1) is 16.9. The van der Waals surface area contributed by atoms with E-state index in [9.17, 15) is 9.59 Å². The molecule has 1 aromatic carbocycles. The lowest BCUT2D eigenvalue weighted by Gasteiger charge is -2.17. The lowest BCUT2D eigenvalue weighted by molar-refractivity contribution is -0.121. The molecule has 1 aliphatic heterocycles. The Morgan fingerprint density at radius 3 is 2.65 bits per heavy atom. The number of amides is 3. The van der Waals surface area contributed by atoms with Crippen LogP contribution in [0.5, 0.6) is 11.5 Å². The van der Waals surface area contributed by atoms with Crippen LogP contribution in [0.3, 0.4) is 0 Å². The van der Waals surface area contributed by atoms with Gasteiger partial charge in [-0.3, -0.25) is 4.79 Å². The molecule has 7 heteroatoms. The van der Waals surface area contributed by atoms with Crippen LogP contribution in [0.4, 0.5) is 4.79 Å². The number of carbonyl (C=O) groups is 2. The first-order chi connectivity index (χ1) is 11.0. The minimum atomic E-state index is -0.342. The summed E-state index contributed by atoms with van der Waals surface area (Å²) in [6.07, 6.45) is 1.32. The molecule has 126 valence electrons. The van der Waals surface area contributed by atoms with Crippen molar-refractivity contribution in [3.8, 4) is 11.5 Å². The number of rotatable bonds is 6. The summed E-state index contributed by atoms with van der Waals surface area (Å²) in [5, 5.41) is 2.86. The van der Waals surface area contributed by atoms with E-state index in [1.165, 1.54) is 0 Å². The molecular weight excluding hydrogens is 298 g/mol. The third-order valence-electron chi connectivity index (χ3n) is 4.02. The first-order valence-corrected chi connectivity index (χ1v) is 7.58. The molecule has 0 bridgehead atoms. The van der Waals surface area contributed by atoms with Gasteiger partial charge in [0.25, 0.3) is 0 Å². The van der Waals surface area contributed by atoms with Gasteiger partial charge >= 0.3 is 6.03 Å². The fraction of sp³-hybridized carbons (Fsp3) is 0.500. The molecule has 1 atom stereocenters. The lowest BCUT2D eigenvalue weighted by atomic mass is 10.1. The molecule has 1 heterocycles. The van der Waals surface area contributed by atoms with Crippen molar-refractivity contribution in [2.75, 3.05) is 33.9 Å². The summed E-state index contributed by atoms with van der Waals surface area (Å²) in [7, 11) is 3.18. The van der Waals surface area contributed by atoms with Gasteiger partial charge in [0.1, 0.15) is 0 Å². The molecule has 3 N–H and O–H groups in total. The van der Waals surface area contributed by atoms with Gasteiger partial charge in [0.2, 0.25) is 5.91 Å². The van der Waals surface area contributed by atoms with Crippen molar-refractivity contribution < 1.29 is 19.1 Å². The van der Waals surface area contributed by atoms with E-state index in [1.54, 1.807) is 19.1 Å². The monoisotopic (exact) mass is 321 g/mol. The number of methoxy groups -OCH3 is 2. The summed E-state index contributed by atoms with van der Waals surface area (Å²) < 4.78 is 10.4. The molecule has 1 saturated heterocycles. The van der Waals surface area contributed by atoms with Gasteiger partial charge in [0.05, 0.1) is 20.1 Å².